The molecule has 0 aromatic heterocycles. The van der Waals surface area contributed by atoms with Crippen LogP contribution in [0.5, 0.6) is 0 Å². The minimum atomic E-state index is -0.136. The van der Waals surface area contributed by atoms with Gasteiger partial charge in [-0.1, -0.05) is 6.92 Å². The first-order chi connectivity index (χ1) is 6.22. The zero-order chi connectivity index (χ0) is 9.68. The molecule has 1 aliphatic heterocycles. The van der Waals surface area contributed by atoms with Crippen LogP contribution in [0, 0.1) is 0 Å². The summed E-state index contributed by atoms with van der Waals surface area (Å²) in [6, 6.07) is 0. The SMILES string of the molecule is CC[C@H](O)CN1CCCN(C)CC1. The zero-order valence-electron chi connectivity index (χ0n) is 8.87. The molecule has 13 heavy (non-hydrogen) atoms. The Kier molecular flexibility index (Phi) is 4.70. The summed E-state index contributed by atoms with van der Waals surface area (Å²) in [6.45, 7) is 7.46. The largest absolute Gasteiger partial charge is 0.392 e. The van der Waals surface area contributed by atoms with Gasteiger partial charge in [0.25, 0.3) is 0 Å². The molecular weight excluding hydrogens is 164 g/mol. The molecule has 0 aromatic rings. The minimum Gasteiger partial charge on any atom is -0.392 e. The van der Waals surface area contributed by atoms with Gasteiger partial charge < -0.3 is 10.0 Å². The number of hydrogen-bond acceptors (Lipinski definition) is 3. The number of likely N-dealkylation sites (N-methyl/N-ethyl adjacent to an activating group) is 1. The smallest absolute Gasteiger partial charge is 0.0664 e. The summed E-state index contributed by atoms with van der Waals surface area (Å²) in [5.74, 6) is 0. The highest BCUT2D eigenvalue weighted by Crippen LogP contribution is 2.03. The van der Waals surface area contributed by atoms with Gasteiger partial charge >= 0.3 is 0 Å². The van der Waals surface area contributed by atoms with Crippen molar-refractivity contribution in [3.05, 3.63) is 0 Å². The third kappa shape index (κ3) is 4.07. The van der Waals surface area contributed by atoms with E-state index in [9.17, 15) is 5.11 Å². The number of β-amino-alcohol motifs (C(OH)–C–C–N with tert-alkyl or cyclic N) is 1. The summed E-state index contributed by atoms with van der Waals surface area (Å²) >= 11 is 0. The Morgan fingerprint density at radius 2 is 2.00 bits per heavy atom. The number of aliphatic hydroxyl groups excluding tert-OH is 1. The summed E-state index contributed by atoms with van der Waals surface area (Å²) in [5.41, 5.74) is 0. The number of nitrogens with zero attached hydrogens (tertiary/aromatic N) is 2. The van der Waals surface area contributed by atoms with E-state index in [-0.39, 0.29) is 6.10 Å². The van der Waals surface area contributed by atoms with Crippen LogP contribution in [0.3, 0.4) is 0 Å². The van der Waals surface area contributed by atoms with Crippen molar-refractivity contribution in [2.24, 2.45) is 0 Å². The first-order valence-electron chi connectivity index (χ1n) is 5.31. The molecule has 1 N–H and O–H groups in total. The molecule has 78 valence electrons. The van der Waals surface area contributed by atoms with Crippen LogP contribution in [0.4, 0.5) is 0 Å². The third-order valence-corrected chi connectivity index (χ3v) is 2.75. The summed E-state index contributed by atoms with van der Waals surface area (Å²) in [4.78, 5) is 4.73. The van der Waals surface area contributed by atoms with Crippen molar-refractivity contribution < 1.29 is 5.11 Å². The molecule has 0 spiro atoms. The molecule has 0 amide bonds. The lowest BCUT2D eigenvalue weighted by Crippen LogP contribution is -2.35. The molecule has 0 bridgehead atoms. The van der Waals surface area contributed by atoms with Gasteiger partial charge in [-0.25, -0.2) is 0 Å². The van der Waals surface area contributed by atoms with Gasteiger partial charge in [0, 0.05) is 19.6 Å². The van der Waals surface area contributed by atoms with E-state index >= 15 is 0 Å². The van der Waals surface area contributed by atoms with Crippen LogP contribution in [-0.2, 0) is 0 Å². The minimum absolute atomic E-state index is 0.136. The Balaban J connectivity index is 2.25. The lowest BCUT2D eigenvalue weighted by Gasteiger charge is -2.22. The fourth-order valence-corrected chi connectivity index (χ4v) is 1.71. The quantitative estimate of drug-likeness (QED) is 0.691. The van der Waals surface area contributed by atoms with Crippen molar-refractivity contribution in [1.29, 1.82) is 0 Å². The van der Waals surface area contributed by atoms with E-state index < -0.39 is 0 Å². The predicted octanol–water partition coefficient (Wildman–Crippen LogP) is 0.395. The second-order valence-corrected chi connectivity index (χ2v) is 4.02. The number of hydrogen-bond donors (Lipinski definition) is 1. The first kappa shape index (κ1) is 11.0. The topological polar surface area (TPSA) is 26.7 Å². The highest BCUT2D eigenvalue weighted by atomic mass is 16.3. The van der Waals surface area contributed by atoms with E-state index in [1.807, 2.05) is 6.92 Å². The van der Waals surface area contributed by atoms with Gasteiger partial charge in [-0.15, -0.1) is 0 Å². The van der Waals surface area contributed by atoms with Crippen LogP contribution in [0.1, 0.15) is 19.8 Å². The highest BCUT2D eigenvalue weighted by Gasteiger charge is 2.14. The maximum Gasteiger partial charge on any atom is 0.0664 e. The molecule has 3 nitrogen and oxygen atoms in total. The molecule has 0 aromatic carbocycles. The lowest BCUT2D eigenvalue weighted by molar-refractivity contribution is 0.111. The van der Waals surface area contributed by atoms with Gasteiger partial charge in [-0.05, 0) is 33.0 Å². The number of aliphatic hydroxyl groups is 1. The van der Waals surface area contributed by atoms with Crippen molar-refractivity contribution >= 4 is 0 Å². The average molecular weight is 186 g/mol. The monoisotopic (exact) mass is 186 g/mol. The summed E-state index contributed by atoms with van der Waals surface area (Å²) in [5, 5.41) is 9.51. The van der Waals surface area contributed by atoms with E-state index in [0.717, 1.165) is 32.6 Å². The van der Waals surface area contributed by atoms with E-state index in [0.29, 0.717) is 0 Å². The summed E-state index contributed by atoms with van der Waals surface area (Å²) in [7, 11) is 2.17. The molecule has 0 radical (unpaired) electrons. The maximum absolute atomic E-state index is 9.51. The van der Waals surface area contributed by atoms with Crippen LogP contribution < -0.4 is 0 Å². The number of rotatable bonds is 3. The van der Waals surface area contributed by atoms with Crippen LogP contribution in [0.2, 0.25) is 0 Å². The lowest BCUT2D eigenvalue weighted by atomic mass is 10.2. The van der Waals surface area contributed by atoms with Crippen molar-refractivity contribution in [2.75, 3.05) is 39.8 Å². The molecule has 1 rings (SSSR count). The Labute approximate surface area is 81.3 Å². The average Bonchev–Trinajstić information content (AvgIpc) is 2.31. The Morgan fingerprint density at radius 1 is 1.23 bits per heavy atom. The van der Waals surface area contributed by atoms with Crippen LogP contribution >= 0.6 is 0 Å². The molecule has 3 heteroatoms. The Bertz CT molecular complexity index is 141. The van der Waals surface area contributed by atoms with Gasteiger partial charge in [0.1, 0.15) is 0 Å². The van der Waals surface area contributed by atoms with Gasteiger partial charge in [0.2, 0.25) is 0 Å². The fourth-order valence-electron chi connectivity index (χ4n) is 1.71. The predicted molar refractivity (Wildman–Crippen MR) is 54.9 cm³/mol. The van der Waals surface area contributed by atoms with Gasteiger partial charge in [-0.3, -0.25) is 4.90 Å². The van der Waals surface area contributed by atoms with Crippen LogP contribution in [0.25, 0.3) is 0 Å². The second-order valence-electron chi connectivity index (χ2n) is 4.02. The molecular formula is C10H22N2O. The molecule has 1 heterocycles. The van der Waals surface area contributed by atoms with E-state index in [1.54, 1.807) is 0 Å². The molecule has 1 fully saturated rings. The second kappa shape index (κ2) is 5.58. The zero-order valence-corrected chi connectivity index (χ0v) is 8.87. The highest BCUT2D eigenvalue weighted by molar-refractivity contribution is 4.69. The molecule has 0 unspecified atom stereocenters. The van der Waals surface area contributed by atoms with Crippen molar-refractivity contribution in [3.8, 4) is 0 Å². The summed E-state index contributed by atoms with van der Waals surface area (Å²) < 4.78 is 0. The van der Waals surface area contributed by atoms with Crippen LogP contribution in [-0.4, -0.2) is 60.8 Å². The fraction of sp³-hybridized carbons (Fsp3) is 1.00. The van der Waals surface area contributed by atoms with Gasteiger partial charge in [0.15, 0.2) is 0 Å². The standard InChI is InChI=1S/C10H22N2O/c1-3-10(13)9-12-6-4-5-11(2)7-8-12/h10,13H,3-9H2,1-2H3/t10-/m0/s1. The van der Waals surface area contributed by atoms with Crippen LogP contribution in [0.15, 0.2) is 0 Å². The molecule has 1 aliphatic rings. The molecule has 0 saturated carbocycles. The van der Waals surface area contributed by atoms with E-state index in [2.05, 4.69) is 16.8 Å². The van der Waals surface area contributed by atoms with Crippen molar-refractivity contribution in [2.45, 2.75) is 25.9 Å². The summed E-state index contributed by atoms with van der Waals surface area (Å²) in [6.07, 6.45) is 1.96. The van der Waals surface area contributed by atoms with Gasteiger partial charge in [-0.2, -0.15) is 0 Å². The van der Waals surface area contributed by atoms with Crippen molar-refractivity contribution in [3.63, 3.8) is 0 Å². The normalized spacial score (nSPS) is 24.2. The molecule has 1 saturated heterocycles. The van der Waals surface area contributed by atoms with E-state index in [1.165, 1.54) is 13.0 Å². The molecule has 0 aliphatic carbocycles. The third-order valence-electron chi connectivity index (χ3n) is 2.75. The van der Waals surface area contributed by atoms with Crippen molar-refractivity contribution in [1.82, 2.24) is 9.80 Å². The molecule has 1 atom stereocenters. The van der Waals surface area contributed by atoms with Gasteiger partial charge in [0.05, 0.1) is 6.10 Å². The Hall–Kier alpha value is -0.120. The van der Waals surface area contributed by atoms with E-state index in [4.69, 9.17) is 0 Å². The Morgan fingerprint density at radius 3 is 2.69 bits per heavy atom. The first-order valence-corrected chi connectivity index (χ1v) is 5.31. The maximum atomic E-state index is 9.51.